The molecule has 5 heteroatoms. The topological polar surface area (TPSA) is 80.8 Å². The molecular weight excluding hydrogens is 154 g/mol. The summed E-state index contributed by atoms with van der Waals surface area (Å²) < 4.78 is 4.18. The van der Waals surface area contributed by atoms with Gasteiger partial charge in [0.1, 0.15) is 0 Å². The average Bonchev–Trinajstić information content (AvgIpc) is 1.35. The van der Waals surface area contributed by atoms with Crippen molar-refractivity contribution in [3.63, 3.8) is 0 Å². The third kappa shape index (κ3) is 17.2. The summed E-state index contributed by atoms with van der Waals surface area (Å²) in [5.41, 5.74) is 4.54. The molecule has 2 N–H and O–H groups in total. The molecule has 0 spiro atoms. The second-order valence-corrected chi connectivity index (χ2v) is 0.752. The largest absolute Gasteiger partial charge is 2.00 e. The molecular formula is C3H7FeNO3. The molecule has 1 amide bonds. The summed E-state index contributed by atoms with van der Waals surface area (Å²) in [5, 5.41) is 0. The molecule has 8 heavy (non-hydrogen) atoms. The Morgan fingerprint density at radius 3 is 2.12 bits per heavy atom. The molecule has 0 saturated carbocycles. The van der Waals surface area contributed by atoms with Gasteiger partial charge in [0.05, 0.1) is 6.61 Å². The average molecular weight is 161 g/mol. The van der Waals surface area contributed by atoms with Crippen molar-refractivity contribution in [2.45, 2.75) is 6.92 Å². The maximum Gasteiger partial charge on any atom is 2.00 e. The monoisotopic (exact) mass is 161 g/mol. The van der Waals surface area contributed by atoms with Gasteiger partial charge in [-0.2, -0.15) is 0 Å². The molecule has 0 heterocycles. The fraction of sp³-hybridized carbons (Fsp3) is 0.667. The van der Waals surface area contributed by atoms with Gasteiger partial charge < -0.3 is 15.9 Å². The molecule has 0 aromatic rings. The first-order chi connectivity index (χ1) is 2.77. The SMILES string of the molecule is CCOC(N)=O.[Fe+2].[O-2]. The van der Waals surface area contributed by atoms with E-state index < -0.39 is 6.09 Å². The van der Waals surface area contributed by atoms with Crippen molar-refractivity contribution in [2.24, 2.45) is 5.73 Å². The quantitative estimate of drug-likeness (QED) is 0.548. The Kier molecular flexibility index (Phi) is 19.3. The summed E-state index contributed by atoms with van der Waals surface area (Å²) in [6, 6.07) is 0. The van der Waals surface area contributed by atoms with Crippen LogP contribution < -0.4 is 5.73 Å². The summed E-state index contributed by atoms with van der Waals surface area (Å²) >= 11 is 0. The zero-order valence-electron chi connectivity index (χ0n) is 4.36. The fourth-order valence-corrected chi connectivity index (χ4v) is 0.142. The van der Waals surface area contributed by atoms with Crippen LogP contribution in [0, 0.1) is 0 Å². The van der Waals surface area contributed by atoms with Gasteiger partial charge in [-0.3, -0.25) is 0 Å². The number of hydrogen-bond donors (Lipinski definition) is 1. The van der Waals surface area contributed by atoms with Crippen molar-refractivity contribution in [2.75, 3.05) is 6.61 Å². The second-order valence-electron chi connectivity index (χ2n) is 0.752. The summed E-state index contributed by atoms with van der Waals surface area (Å²) in [5.74, 6) is 0. The van der Waals surface area contributed by atoms with Gasteiger partial charge in [0.25, 0.3) is 0 Å². The molecule has 0 aliphatic heterocycles. The standard InChI is InChI=1S/C3H7NO2.Fe.O/c1-2-6-3(4)5;;/h2H2,1H3,(H2,4,5);;/q;+2;-2. The van der Waals surface area contributed by atoms with E-state index in [1.165, 1.54) is 0 Å². The molecule has 0 aliphatic carbocycles. The van der Waals surface area contributed by atoms with Gasteiger partial charge >= 0.3 is 23.2 Å². The van der Waals surface area contributed by atoms with Crippen LogP contribution in [0.2, 0.25) is 0 Å². The van der Waals surface area contributed by atoms with E-state index in [-0.39, 0.29) is 22.5 Å². The third-order valence-corrected chi connectivity index (χ3v) is 0.287. The number of rotatable bonds is 1. The number of primary amides is 1. The van der Waals surface area contributed by atoms with Gasteiger partial charge in [-0.15, -0.1) is 0 Å². The third-order valence-electron chi connectivity index (χ3n) is 0.287. The minimum Gasteiger partial charge on any atom is -2.00 e. The van der Waals surface area contributed by atoms with E-state index >= 15 is 0 Å². The molecule has 0 rings (SSSR count). The van der Waals surface area contributed by atoms with Crippen molar-refractivity contribution in [3.05, 3.63) is 0 Å². The predicted molar refractivity (Wildman–Crippen MR) is 21.9 cm³/mol. The second kappa shape index (κ2) is 9.89. The van der Waals surface area contributed by atoms with E-state index in [9.17, 15) is 4.79 Å². The maximum absolute atomic E-state index is 9.60. The van der Waals surface area contributed by atoms with E-state index in [1.807, 2.05) is 0 Å². The fourth-order valence-electron chi connectivity index (χ4n) is 0.142. The Morgan fingerprint density at radius 2 is 2.12 bits per heavy atom. The van der Waals surface area contributed by atoms with Crippen molar-refractivity contribution in [3.8, 4) is 0 Å². The predicted octanol–water partition coefficient (Wildman–Crippen LogP) is -0.0197. The van der Waals surface area contributed by atoms with Gasteiger partial charge in [-0.05, 0) is 6.92 Å². The smallest absolute Gasteiger partial charge is 2.00 e. The Balaban J connectivity index is -0.000000125. The Labute approximate surface area is 58.2 Å². The van der Waals surface area contributed by atoms with E-state index in [1.54, 1.807) is 6.92 Å². The number of nitrogens with two attached hydrogens (primary N) is 1. The normalized spacial score (nSPS) is 5.62. The summed E-state index contributed by atoms with van der Waals surface area (Å²) in [7, 11) is 0. The molecule has 0 aromatic heterocycles. The van der Waals surface area contributed by atoms with Crippen LogP contribution >= 0.6 is 0 Å². The van der Waals surface area contributed by atoms with Crippen LogP contribution in [-0.4, -0.2) is 12.7 Å². The summed E-state index contributed by atoms with van der Waals surface area (Å²) in [4.78, 5) is 9.60. The van der Waals surface area contributed by atoms with Crippen molar-refractivity contribution >= 4 is 6.09 Å². The van der Waals surface area contributed by atoms with E-state index in [4.69, 9.17) is 0 Å². The van der Waals surface area contributed by atoms with Gasteiger partial charge in [0.15, 0.2) is 0 Å². The molecule has 50 valence electrons. The first-order valence-electron chi connectivity index (χ1n) is 1.69. The van der Waals surface area contributed by atoms with Crippen LogP contribution in [0.15, 0.2) is 0 Å². The number of ether oxygens (including phenoxy) is 1. The molecule has 0 radical (unpaired) electrons. The van der Waals surface area contributed by atoms with Gasteiger partial charge in [-0.25, -0.2) is 4.79 Å². The molecule has 0 atom stereocenters. The van der Waals surface area contributed by atoms with Crippen LogP contribution in [0.5, 0.6) is 0 Å². The maximum atomic E-state index is 9.60. The van der Waals surface area contributed by atoms with E-state index in [2.05, 4.69) is 10.5 Å². The van der Waals surface area contributed by atoms with Crippen LogP contribution in [0.25, 0.3) is 0 Å². The molecule has 0 bridgehead atoms. The molecule has 0 aliphatic rings. The van der Waals surface area contributed by atoms with Crippen LogP contribution in [0.1, 0.15) is 6.92 Å². The van der Waals surface area contributed by atoms with Gasteiger partial charge in [0.2, 0.25) is 0 Å². The minimum atomic E-state index is -0.711. The zero-order valence-corrected chi connectivity index (χ0v) is 5.47. The number of carbonyl (C=O) groups excluding carboxylic acids is 1. The minimum absolute atomic E-state index is 0. The van der Waals surface area contributed by atoms with Crippen LogP contribution in [0.3, 0.4) is 0 Å². The molecule has 0 fully saturated rings. The Morgan fingerprint density at radius 1 is 1.75 bits per heavy atom. The van der Waals surface area contributed by atoms with Crippen LogP contribution in [-0.2, 0) is 27.3 Å². The summed E-state index contributed by atoms with van der Waals surface area (Å²) in [6.07, 6.45) is -0.711. The van der Waals surface area contributed by atoms with E-state index in [0.717, 1.165) is 0 Å². The molecule has 4 nitrogen and oxygen atoms in total. The van der Waals surface area contributed by atoms with Crippen molar-refractivity contribution < 1.29 is 32.1 Å². The first kappa shape index (κ1) is 15.7. The molecule has 0 saturated heterocycles. The van der Waals surface area contributed by atoms with Crippen molar-refractivity contribution in [1.29, 1.82) is 0 Å². The number of amides is 1. The Bertz CT molecular complexity index is 58.5. The van der Waals surface area contributed by atoms with Gasteiger partial charge in [-0.1, -0.05) is 0 Å². The summed E-state index contributed by atoms with van der Waals surface area (Å²) in [6.45, 7) is 2.06. The Hall–Kier alpha value is -0.251. The number of carbonyl (C=O) groups is 1. The van der Waals surface area contributed by atoms with Crippen molar-refractivity contribution in [1.82, 2.24) is 0 Å². The van der Waals surface area contributed by atoms with Crippen LogP contribution in [0.4, 0.5) is 4.79 Å². The van der Waals surface area contributed by atoms with Gasteiger partial charge in [0, 0.05) is 0 Å². The zero-order chi connectivity index (χ0) is 4.99. The first-order valence-corrected chi connectivity index (χ1v) is 1.69. The number of hydrogen-bond acceptors (Lipinski definition) is 2. The molecule has 0 unspecified atom stereocenters. The molecule has 0 aromatic carbocycles. The van der Waals surface area contributed by atoms with E-state index in [0.29, 0.717) is 6.61 Å².